The highest BCUT2D eigenvalue weighted by Gasteiger charge is 2.10. The summed E-state index contributed by atoms with van der Waals surface area (Å²) in [5.41, 5.74) is 8.12. The van der Waals surface area contributed by atoms with E-state index in [1.807, 2.05) is 31.3 Å². The summed E-state index contributed by atoms with van der Waals surface area (Å²) in [7, 11) is 0. The number of benzene rings is 2. The molecule has 0 radical (unpaired) electrons. The molecule has 2 aromatic carbocycles. The van der Waals surface area contributed by atoms with Crippen LogP contribution in [0.3, 0.4) is 0 Å². The van der Waals surface area contributed by atoms with Crippen molar-refractivity contribution in [2.45, 2.75) is 6.92 Å². The predicted octanol–water partition coefficient (Wildman–Crippen LogP) is 2.59. The molecule has 0 atom stereocenters. The van der Waals surface area contributed by atoms with Gasteiger partial charge in [0.05, 0.1) is 0 Å². The summed E-state index contributed by atoms with van der Waals surface area (Å²) in [6.07, 6.45) is 1.83. The topological polar surface area (TPSA) is 97.2 Å². The van der Waals surface area contributed by atoms with Gasteiger partial charge in [-0.3, -0.25) is 9.59 Å². The van der Waals surface area contributed by atoms with Gasteiger partial charge in [-0.2, -0.15) is 0 Å². The highest BCUT2D eigenvalue weighted by Crippen LogP contribution is 2.22. The number of carbonyl (C=O) groups is 2. The summed E-state index contributed by atoms with van der Waals surface area (Å²) in [6.45, 7) is 1.67. The highest BCUT2D eigenvalue weighted by atomic mass is 16.5. The van der Waals surface area contributed by atoms with Crippen LogP contribution in [0, 0.1) is 6.92 Å². The van der Waals surface area contributed by atoms with Crippen molar-refractivity contribution in [2.75, 3.05) is 11.9 Å². The summed E-state index contributed by atoms with van der Waals surface area (Å²) in [5, 5.41) is 3.86. The number of aromatic nitrogens is 1. The number of amides is 2. The quantitative estimate of drug-likeness (QED) is 0.673. The number of carbonyl (C=O) groups excluding carboxylic acids is 2. The molecule has 6 heteroatoms. The number of nitrogens with one attached hydrogen (secondary N) is 2. The second-order valence-electron chi connectivity index (χ2n) is 5.47. The third-order valence-corrected chi connectivity index (χ3v) is 3.64. The normalized spacial score (nSPS) is 10.5. The van der Waals surface area contributed by atoms with E-state index in [0.29, 0.717) is 17.0 Å². The molecular weight excluding hydrogens is 306 g/mol. The van der Waals surface area contributed by atoms with Gasteiger partial charge in [0, 0.05) is 28.4 Å². The summed E-state index contributed by atoms with van der Waals surface area (Å²) in [4.78, 5) is 26.2. The molecular formula is C18H17N3O3. The van der Waals surface area contributed by atoms with E-state index < -0.39 is 5.91 Å². The van der Waals surface area contributed by atoms with Crippen LogP contribution >= 0.6 is 0 Å². The molecule has 24 heavy (non-hydrogen) atoms. The van der Waals surface area contributed by atoms with E-state index in [4.69, 9.17) is 10.5 Å². The lowest BCUT2D eigenvalue weighted by Crippen LogP contribution is -2.20. The molecule has 0 bridgehead atoms. The fraction of sp³-hybridized carbons (Fsp3) is 0.111. The van der Waals surface area contributed by atoms with E-state index in [1.165, 1.54) is 0 Å². The van der Waals surface area contributed by atoms with Crippen LogP contribution in [-0.2, 0) is 4.79 Å². The lowest BCUT2D eigenvalue weighted by atomic mass is 10.1. The SMILES string of the molecule is Cc1cc(OCC(N)=O)ccc1NC(=O)c1ccc2[nH]ccc2c1. The van der Waals surface area contributed by atoms with Crippen molar-refractivity contribution >= 4 is 28.4 Å². The smallest absolute Gasteiger partial charge is 0.255 e. The molecule has 0 saturated carbocycles. The Balaban J connectivity index is 1.74. The summed E-state index contributed by atoms with van der Waals surface area (Å²) in [6, 6.07) is 12.6. The summed E-state index contributed by atoms with van der Waals surface area (Å²) in [5.74, 6) is -0.199. The Bertz CT molecular complexity index is 915. The van der Waals surface area contributed by atoms with Crippen LogP contribution in [0.15, 0.2) is 48.7 Å². The van der Waals surface area contributed by atoms with E-state index >= 15 is 0 Å². The molecule has 2 amide bonds. The van der Waals surface area contributed by atoms with Crippen LogP contribution in [0.25, 0.3) is 10.9 Å². The van der Waals surface area contributed by atoms with Crippen LogP contribution in [0.4, 0.5) is 5.69 Å². The molecule has 4 N–H and O–H groups in total. The number of nitrogens with two attached hydrogens (primary N) is 1. The minimum absolute atomic E-state index is 0.179. The van der Waals surface area contributed by atoms with Crippen LogP contribution in [0.2, 0.25) is 0 Å². The van der Waals surface area contributed by atoms with E-state index in [-0.39, 0.29) is 12.5 Å². The van der Waals surface area contributed by atoms with Crippen molar-refractivity contribution in [3.8, 4) is 5.75 Å². The lowest BCUT2D eigenvalue weighted by molar-refractivity contribution is -0.119. The third-order valence-electron chi connectivity index (χ3n) is 3.64. The van der Waals surface area contributed by atoms with Crippen LogP contribution in [-0.4, -0.2) is 23.4 Å². The Labute approximate surface area is 138 Å². The first kappa shape index (κ1) is 15.6. The van der Waals surface area contributed by atoms with E-state index in [2.05, 4.69) is 10.3 Å². The summed E-state index contributed by atoms with van der Waals surface area (Å²) >= 11 is 0. The average molecular weight is 323 g/mol. The van der Waals surface area contributed by atoms with Gasteiger partial charge in [-0.15, -0.1) is 0 Å². The van der Waals surface area contributed by atoms with Crippen LogP contribution < -0.4 is 15.8 Å². The number of primary amides is 1. The molecule has 1 heterocycles. The molecule has 0 aliphatic heterocycles. The number of anilines is 1. The van der Waals surface area contributed by atoms with Crippen molar-refractivity contribution < 1.29 is 14.3 Å². The maximum atomic E-state index is 12.4. The van der Waals surface area contributed by atoms with Crippen molar-refractivity contribution in [1.29, 1.82) is 0 Å². The molecule has 122 valence electrons. The van der Waals surface area contributed by atoms with Crippen molar-refractivity contribution in [3.63, 3.8) is 0 Å². The molecule has 0 spiro atoms. The van der Waals surface area contributed by atoms with Crippen molar-refractivity contribution in [2.24, 2.45) is 5.73 Å². The molecule has 0 aliphatic rings. The van der Waals surface area contributed by atoms with E-state index in [9.17, 15) is 9.59 Å². The fourth-order valence-corrected chi connectivity index (χ4v) is 2.41. The van der Waals surface area contributed by atoms with Gasteiger partial charge in [-0.1, -0.05) is 0 Å². The Morgan fingerprint density at radius 1 is 1.17 bits per heavy atom. The second kappa shape index (κ2) is 6.45. The van der Waals surface area contributed by atoms with Crippen molar-refractivity contribution in [3.05, 3.63) is 59.8 Å². The number of fused-ring (bicyclic) bond motifs is 1. The zero-order valence-electron chi connectivity index (χ0n) is 13.1. The Kier molecular flexibility index (Phi) is 4.20. The molecule has 3 aromatic rings. The molecule has 0 aliphatic carbocycles. The number of aryl methyl sites for hydroxylation is 1. The molecule has 3 rings (SSSR count). The molecule has 0 fully saturated rings. The van der Waals surface area contributed by atoms with E-state index in [0.717, 1.165) is 16.5 Å². The largest absolute Gasteiger partial charge is 0.484 e. The van der Waals surface area contributed by atoms with Gasteiger partial charge in [0.2, 0.25) is 0 Å². The van der Waals surface area contributed by atoms with Gasteiger partial charge in [0.15, 0.2) is 6.61 Å². The fourth-order valence-electron chi connectivity index (χ4n) is 2.41. The Morgan fingerprint density at radius 2 is 2.00 bits per heavy atom. The number of H-pyrrole nitrogens is 1. The van der Waals surface area contributed by atoms with Crippen molar-refractivity contribution in [1.82, 2.24) is 4.98 Å². The van der Waals surface area contributed by atoms with Gasteiger partial charge < -0.3 is 20.8 Å². The first-order valence-corrected chi connectivity index (χ1v) is 7.43. The van der Waals surface area contributed by atoms with E-state index in [1.54, 1.807) is 24.3 Å². The summed E-state index contributed by atoms with van der Waals surface area (Å²) < 4.78 is 5.24. The monoisotopic (exact) mass is 323 g/mol. The first-order chi connectivity index (χ1) is 11.5. The van der Waals surface area contributed by atoms with Gasteiger partial charge in [0.25, 0.3) is 11.8 Å². The van der Waals surface area contributed by atoms with Crippen LogP contribution in [0.1, 0.15) is 15.9 Å². The van der Waals surface area contributed by atoms with Gasteiger partial charge >= 0.3 is 0 Å². The number of rotatable bonds is 5. The van der Waals surface area contributed by atoms with Gasteiger partial charge in [0.1, 0.15) is 5.75 Å². The molecule has 0 unspecified atom stereocenters. The number of ether oxygens (including phenoxy) is 1. The number of aromatic amines is 1. The molecule has 1 aromatic heterocycles. The maximum absolute atomic E-state index is 12.4. The zero-order valence-corrected chi connectivity index (χ0v) is 13.1. The average Bonchev–Trinajstić information content (AvgIpc) is 3.02. The molecule has 6 nitrogen and oxygen atoms in total. The number of hydrogen-bond acceptors (Lipinski definition) is 3. The number of hydrogen-bond donors (Lipinski definition) is 3. The van der Waals surface area contributed by atoms with Gasteiger partial charge in [-0.05, 0) is 55.0 Å². The second-order valence-corrected chi connectivity index (χ2v) is 5.47. The van der Waals surface area contributed by atoms with Gasteiger partial charge in [-0.25, -0.2) is 0 Å². The Hall–Kier alpha value is -3.28. The Morgan fingerprint density at radius 3 is 2.75 bits per heavy atom. The predicted molar refractivity (Wildman–Crippen MR) is 92.1 cm³/mol. The lowest BCUT2D eigenvalue weighted by Gasteiger charge is -2.11. The van der Waals surface area contributed by atoms with Crippen LogP contribution in [0.5, 0.6) is 5.75 Å². The minimum Gasteiger partial charge on any atom is -0.484 e. The standard InChI is InChI=1S/C18H17N3O3/c1-11-8-14(24-10-17(19)22)3-5-15(11)21-18(23)13-2-4-16-12(9-13)6-7-20-16/h2-9,20H,10H2,1H3,(H2,19,22)(H,21,23). The highest BCUT2D eigenvalue weighted by molar-refractivity contribution is 6.06. The minimum atomic E-state index is -0.537. The third kappa shape index (κ3) is 3.38. The maximum Gasteiger partial charge on any atom is 0.255 e. The molecule has 0 saturated heterocycles. The zero-order chi connectivity index (χ0) is 17.1. The first-order valence-electron chi connectivity index (χ1n) is 7.43.